The van der Waals surface area contributed by atoms with Crippen LogP contribution in [0.1, 0.15) is 34.7 Å². The highest BCUT2D eigenvalue weighted by Crippen LogP contribution is 2.17. The summed E-state index contributed by atoms with van der Waals surface area (Å²) in [5, 5.41) is 3.02. The highest BCUT2D eigenvalue weighted by atomic mass is 32.1. The number of benzene rings is 2. The van der Waals surface area contributed by atoms with E-state index in [9.17, 15) is 9.59 Å². The van der Waals surface area contributed by atoms with Gasteiger partial charge in [0.15, 0.2) is 0 Å². The Morgan fingerprint density at radius 3 is 2.32 bits per heavy atom. The van der Waals surface area contributed by atoms with Gasteiger partial charge in [-0.15, -0.1) is 11.3 Å². The highest BCUT2D eigenvalue weighted by molar-refractivity contribution is 7.09. The standard InChI is InChI=1S/C27H31N3O3S/c1-33-24-11-8-21(9-12-24)10-13-26(31)29-14-5-15-30(17-16-29)27(32)19-23-20-34-25(28-23)18-22-6-3-2-4-7-22/h2-4,6-9,11-12,20H,5,10,13-19H2,1H3. The van der Waals surface area contributed by atoms with Crippen LogP contribution in [0.5, 0.6) is 5.75 Å². The molecule has 1 aliphatic heterocycles. The molecule has 1 aliphatic rings. The molecule has 1 saturated heterocycles. The van der Waals surface area contributed by atoms with Crippen molar-refractivity contribution in [3.63, 3.8) is 0 Å². The Kier molecular flexibility index (Phi) is 8.31. The average Bonchev–Trinajstić information content (AvgIpc) is 3.14. The van der Waals surface area contributed by atoms with Crippen LogP contribution in [-0.2, 0) is 28.9 Å². The van der Waals surface area contributed by atoms with E-state index in [1.807, 2.05) is 57.6 Å². The molecule has 0 N–H and O–H groups in total. The molecule has 2 amide bonds. The molecule has 3 aromatic rings. The molecule has 7 heteroatoms. The summed E-state index contributed by atoms with van der Waals surface area (Å²) in [4.78, 5) is 34.1. The van der Waals surface area contributed by atoms with Gasteiger partial charge >= 0.3 is 0 Å². The number of aryl methyl sites for hydroxylation is 1. The van der Waals surface area contributed by atoms with Gasteiger partial charge < -0.3 is 14.5 Å². The van der Waals surface area contributed by atoms with Crippen molar-refractivity contribution in [3.05, 3.63) is 81.8 Å². The van der Waals surface area contributed by atoms with Crippen molar-refractivity contribution in [2.24, 2.45) is 0 Å². The number of amides is 2. The van der Waals surface area contributed by atoms with Crippen molar-refractivity contribution in [1.82, 2.24) is 14.8 Å². The van der Waals surface area contributed by atoms with E-state index in [4.69, 9.17) is 4.74 Å². The number of ether oxygens (including phenoxy) is 1. The first kappa shape index (κ1) is 24.0. The number of hydrogen-bond donors (Lipinski definition) is 0. The number of thiazole rings is 1. The molecule has 1 fully saturated rings. The van der Waals surface area contributed by atoms with Gasteiger partial charge in [0.25, 0.3) is 0 Å². The van der Waals surface area contributed by atoms with Crippen LogP contribution < -0.4 is 4.74 Å². The molecule has 0 radical (unpaired) electrons. The predicted octanol–water partition coefficient (Wildman–Crippen LogP) is 3.98. The topological polar surface area (TPSA) is 62.7 Å². The molecule has 34 heavy (non-hydrogen) atoms. The lowest BCUT2D eigenvalue weighted by Crippen LogP contribution is -2.38. The summed E-state index contributed by atoms with van der Waals surface area (Å²) in [6, 6.07) is 18.1. The van der Waals surface area contributed by atoms with Crippen molar-refractivity contribution >= 4 is 23.2 Å². The van der Waals surface area contributed by atoms with Gasteiger partial charge in [-0.25, -0.2) is 4.98 Å². The van der Waals surface area contributed by atoms with Crippen LogP contribution in [0.25, 0.3) is 0 Å². The van der Waals surface area contributed by atoms with E-state index in [0.29, 0.717) is 45.4 Å². The van der Waals surface area contributed by atoms with Gasteiger partial charge in [-0.3, -0.25) is 9.59 Å². The van der Waals surface area contributed by atoms with Crippen molar-refractivity contribution < 1.29 is 14.3 Å². The van der Waals surface area contributed by atoms with Crippen LogP contribution in [0.15, 0.2) is 60.0 Å². The molecular weight excluding hydrogens is 446 g/mol. The van der Waals surface area contributed by atoms with E-state index in [0.717, 1.165) is 34.9 Å². The van der Waals surface area contributed by atoms with Crippen LogP contribution in [0, 0.1) is 0 Å². The zero-order chi connectivity index (χ0) is 23.8. The van der Waals surface area contributed by atoms with Crippen LogP contribution in [0.4, 0.5) is 0 Å². The van der Waals surface area contributed by atoms with Crippen LogP contribution >= 0.6 is 11.3 Å². The summed E-state index contributed by atoms with van der Waals surface area (Å²) >= 11 is 1.61. The molecule has 0 atom stereocenters. The van der Waals surface area contributed by atoms with E-state index in [2.05, 4.69) is 17.1 Å². The van der Waals surface area contributed by atoms with Crippen molar-refractivity contribution in [1.29, 1.82) is 0 Å². The average molecular weight is 478 g/mol. The highest BCUT2D eigenvalue weighted by Gasteiger charge is 2.22. The Morgan fingerprint density at radius 1 is 0.912 bits per heavy atom. The summed E-state index contributed by atoms with van der Waals surface area (Å²) in [6.45, 7) is 2.54. The Balaban J connectivity index is 1.24. The maximum Gasteiger partial charge on any atom is 0.228 e. The molecule has 0 bridgehead atoms. The minimum Gasteiger partial charge on any atom is -0.497 e. The Labute approximate surface area is 205 Å². The van der Waals surface area contributed by atoms with Gasteiger partial charge in [0.2, 0.25) is 11.8 Å². The molecule has 0 unspecified atom stereocenters. The Bertz CT molecular complexity index is 1080. The second kappa shape index (κ2) is 11.8. The van der Waals surface area contributed by atoms with Gasteiger partial charge in [0.05, 0.1) is 24.2 Å². The zero-order valence-electron chi connectivity index (χ0n) is 19.6. The van der Waals surface area contributed by atoms with Gasteiger partial charge in [-0.05, 0) is 36.1 Å². The number of nitrogens with zero attached hydrogens (tertiary/aromatic N) is 3. The molecule has 6 nitrogen and oxygen atoms in total. The minimum atomic E-state index is 0.0871. The third-order valence-electron chi connectivity index (χ3n) is 6.12. The molecule has 1 aromatic heterocycles. The number of carbonyl (C=O) groups excluding carboxylic acids is 2. The van der Waals surface area contributed by atoms with E-state index in [-0.39, 0.29) is 11.8 Å². The summed E-state index contributed by atoms with van der Waals surface area (Å²) in [5.74, 6) is 1.05. The van der Waals surface area contributed by atoms with Crippen LogP contribution in [0.3, 0.4) is 0 Å². The largest absolute Gasteiger partial charge is 0.497 e. The van der Waals surface area contributed by atoms with Gasteiger partial charge in [-0.2, -0.15) is 0 Å². The fourth-order valence-corrected chi connectivity index (χ4v) is 4.99. The lowest BCUT2D eigenvalue weighted by molar-refractivity contribution is -0.133. The maximum absolute atomic E-state index is 12.9. The summed E-state index contributed by atoms with van der Waals surface area (Å²) in [5.41, 5.74) is 3.17. The molecule has 2 heterocycles. The van der Waals surface area contributed by atoms with E-state index < -0.39 is 0 Å². The fraction of sp³-hybridized carbons (Fsp3) is 0.370. The molecule has 2 aromatic carbocycles. The Morgan fingerprint density at radius 2 is 1.62 bits per heavy atom. The van der Waals surface area contributed by atoms with Gasteiger partial charge in [-0.1, -0.05) is 42.5 Å². The third kappa shape index (κ3) is 6.67. The number of rotatable bonds is 8. The van der Waals surface area contributed by atoms with Gasteiger partial charge in [0.1, 0.15) is 5.75 Å². The van der Waals surface area contributed by atoms with Crippen molar-refractivity contribution in [2.45, 2.75) is 32.1 Å². The second-order valence-corrected chi connectivity index (χ2v) is 9.48. The monoisotopic (exact) mass is 477 g/mol. The van der Waals surface area contributed by atoms with E-state index >= 15 is 0 Å². The SMILES string of the molecule is COc1ccc(CCC(=O)N2CCCN(C(=O)Cc3csc(Cc4ccccc4)n3)CC2)cc1. The summed E-state index contributed by atoms with van der Waals surface area (Å²) < 4.78 is 5.19. The zero-order valence-corrected chi connectivity index (χ0v) is 20.4. The molecule has 0 spiro atoms. The number of methoxy groups -OCH3 is 1. The first-order valence-electron chi connectivity index (χ1n) is 11.8. The smallest absolute Gasteiger partial charge is 0.228 e. The van der Waals surface area contributed by atoms with E-state index in [1.165, 1.54) is 5.56 Å². The molecule has 178 valence electrons. The van der Waals surface area contributed by atoms with E-state index in [1.54, 1.807) is 18.4 Å². The predicted molar refractivity (Wildman–Crippen MR) is 134 cm³/mol. The lowest BCUT2D eigenvalue weighted by atomic mass is 10.1. The normalized spacial score (nSPS) is 14.0. The first-order chi connectivity index (χ1) is 16.6. The third-order valence-corrected chi connectivity index (χ3v) is 7.02. The van der Waals surface area contributed by atoms with Gasteiger partial charge in [0, 0.05) is 44.4 Å². The van der Waals surface area contributed by atoms with Crippen molar-refractivity contribution in [3.8, 4) is 5.75 Å². The minimum absolute atomic E-state index is 0.0871. The lowest BCUT2D eigenvalue weighted by Gasteiger charge is -2.22. The van der Waals surface area contributed by atoms with Crippen molar-refractivity contribution in [2.75, 3.05) is 33.3 Å². The molecule has 0 aliphatic carbocycles. The van der Waals surface area contributed by atoms with Crippen LogP contribution in [0.2, 0.25) is 0 Å². The molecule has 4 rings (SSSR count). The summed E-state index contributed by atoms with van der Waals surface area (Å²) in [6.07, 6.45) is 3.09. The maximum atomic E-state index is 12.9. The Hall–Kier alpha value is -3.19. The quantitative estimate of drug-likeness (QED) is 0.492. The number of carbonyl (C=O) groups is 2. The van der Waals surface area contributed by atoms with Crippen LogP contribution in [-0.4, -0.2) is 59.9 Å². The fourth-order valence-electron chi connectivity index (χ4n) is 4.17. The number of aromatic nitrogens is 1. The second-order valence-electron chi connectivity index (χ2n) is 8.53. The number of hydrogen-bond acceptors (Lipinski definition) is 5. The summed E-state index contributed by atoms with van der Waals surface area (Å²) in [7, 11) is 1.64. The first-order valence-corrected chi connectivity index (χ1v) is 12.6. The molecule has 0 saturated carbocycles. The molecular formula is C27H31N3O3S.